The molecule has 3 N–H and O–H groups in total. The summed E-state index contributed by atoms with van der Waals surface area (Å²) in [5.74, 6) is 0. The highest BCUT2D eigenvalue weighted by molar-refractivity contribution is 6.33. The van der Waals surface area contributed by atoms with Crippen LogP contribution in [0.25, 0.3) is 0 Å². The molecule has 0 amide bonds. The van der Waals surface area contributed by atoms with Gasteiger partial charge in [0.15, 0.2) is 0 Å². The minimum Gasteiger partial charge on any atom is -0.377 e. The molecule has 0 aromatic heterocycles. The van der Waals surface area contributed by atoms with Crippen molar-refractivity contribution in [3.8, 4) is 0 Å². The van der Waals surface area contributed by atoms with Crippen molar-refractivity contribution in [2.75, 3.05) is 11.9 Å². The van der Waals surface area contributed by atoms with E-state index >= 15 is 0 Å². The largest absolute Gasteiger partial charge is 0.377 e. The molecule has 1 unspecified atom stereocenters. The van der Waals surface area contributed by atoms with Crippen LogP contribution in [0, 0.1) is 6.92 Å². The number of anilines is 1. The lowest BCUT2D eigenvalue weighted by molar-refractivity contribution is 0.790. The number of halogens is 2. The second kappa shape index (κ2) is 6.29. The predicted molar refractivity (Wildman–Crippen MR) is 83.1 cm³/mol. The third-order valence-corrected chi connectivity index (χ3v) is 3.51. The van der Waals surface area contributed by atoms with E-state index in [2.05, 4.69) is 24.4 Å². The van der Waals surface area contributed by atoms with Crippen molar-refractivity contribution in [3.63, 3.8) is 0 Å². The van der Waals surface area contributed by atoms with Gasteiger partial charge in [-0.25, -0.2) is 0 Å². The van der Waals surface area contributed by atoms with Crippen molar-refractivity contribution in [2.24, 2.45) is 5.73 Å². The molecule has 19 heavy (non-hydrogen) atoms. The number of nitrogens with two attached hydrogens (primary N) is 1. The molecule has 2 aromatic carbocycles. The summed E-state index contributed by atoms with van der Waals surface area (Å²) in [5.41, 5.74) is 8.97. The van der Waals surface area contributed by atoms with Gasteiger partial charge in [0, 0.05) is 22.3 Å². The fourth-order valence-electron chi connectivity index (χ4n) is 1.98. The Kier molecular flexibility index (Phi) is 4.70. The first-order valence-electron chi connectivity index (χ1n) is 6.08. The molecule has 0 heterocycles. The minimum absolute atomic E-state index is 0.0620. The molecule has 0 aliphatic heterocycles. The molecule has 0 saturated heterocycles. The minimum atomic E-state index is -0.0620. The second-order valence-electron chi connectivity index (χ2n) is 4.47. The van der Waals surface area contributed by atoms with Crippen LogP contribution in [-0.4, -0.2) is 6.54 Å². The average Bonchev–Trinajstić information content (AvgIpc) is 2.39. The molecule has 1 atom stereocenters. The Morgan fingerprint density at radius 2 is 1.95 bits per heavy atom. The molecule has 0 saturated carbocycles. The number of hydrogen-bond donors (Lipinski definition) is 2. The normalized spacial score (nSPS) is 12.2. The first-order valence-corrected chi connectivity index (χ1v) is 6.84. The van der Waals surface area contributed by atoms with Crippen molar-refractivity contribution < 1.29 is 0 Å². The fourth-order valence-corrected chi connectivity index (χ4v) is 2.41. The zero-order valence-electron chi connectivity index (χ0n) is 10.7. The number of nitrogens with one attached hydrogen (secondary N) is 1. The first-order chi connectivity index (χ1) is 9.10. The Labute approximate surface area is 123 Å². The van der Waals surface area contributed by atoms with Crippen molar-refractivity contribution in [3.05, 3.63) is 63.6 Å². The van der Waals surface area contributed by atoms with Gasteiger partial charge in [0.05, 0.1) is 6.04 Å². The first kappa shape index (κ1) is 14.2. The number of rotatable bonds is 4. The monoisotopic (exact) mass is 294 g/mol. The maximum Gasteiger partial charge on any atom is 0.0651 e. The standard InChI is InChI=1S/C15H16Cl2N2/c1-10-3-2-4-12(7-10)19-15(9-18)13-8-11(16)5-6-14(13)17/h2-8,15,19H,9,18H2,1H3. The molecule has 2 aromatic rings. The van der Waals surface area contributed by atoms with Crippen LogP contribution in [0.3, 0.4) is 0 Å². The highest BCUT2D eigenvalue weighted by Gasteiger charge is 2.13. The van der Waals surface area contributed by atoms with Gasteiger partial charge in [0.25, 0.3) is 0 Å². The Morgan fingerprint density at radius 3 is 2.63 bits per heavy atom. The summed E-state index contributed by atoms with van der Waals surface area (Å²) < 4.78 is 0. The Balaban J connectivity index is 2.27. The summed E-state index contributed by atoms with van der Waals surface area (Å²) >= 11 is 12.2. The van der Waals surface area contributed by atoms with Crippen molar-refractivity contribution >= 4 is 28.9 Å². The van der Waals surface area contributed by atoms with Gasteiger partial charge in [-0.05, 0) is 48.4 Å². The summed E-state index contributed by atoms with van der Waals surface area (Å²) in [6.07, 6.45) is 0. The molecular formula is C15H16Cl2N2. The van der Waals surface area contributed by atoms with E-state index in [1.807, 2.05) is 18.2 Å². The van der Waals surface area contributed by atoms with Gasteiger partial charge in [-0.2, -0.15) is 0 Å². The van der Waals surface area contributed by atoms with E-state index in [0.29, 0.717) is 16.6 Å². The van der Waals surface area contributed by atoms with Crippen LogP contribution in [0.2, 0.25) is 10.0 Å². The fraction of sp³-hybridized carbons (Fsp3) is 0.200. The molecule has 2 rings (SSSR count). The zero-order valence-corrected chi connectivity index (χ0v) is 12.2. The quantitative estimate of drug-likeness (QED) is 0.876. The molecule has 0 fully saturated rings. The number of aryl methyl sites for hydroxylation is 1. The maximum absolute atomic E-state index is 6.21. The van der Waals surface area contributed by atoms with Gasteiger partial charge in [0.2, 0.25) is 0 Å². The van der Waals surface area contributed by atoms with E-state index in [0.717, 1.165) is 11.3 Å². The van der Waals surface area contributed by atoms with Gasteiger partial charge in [-0.3, -0.25) is 0 Å². The van der Waals surface area contributed by atoms with Crippen molar-refractivity contribution in [1.29, 1.82) is 0 Å². The molecule has 100 valence electrons. The van der Waals surface area contributed by atoms with E-state index in [-0.39, 0.29) is 6.04 Å². The second-order valence-corrected chi connectivity index (χ2v) is 5.31. The van der Waals surface area contributed by atoms with Gasteiger partial charge in [0.1, 0.15) is 0 Å². The Morgan fingerprint density at radius 1 is 1.16 bits per heavy atom. The molecule has 0 bridgehead atoms. The summed E-state index contributed by atoms with van der Waals surface area (Å²) in [4.78, 5) is 0. The van der Waals surface area contributed by atoms with Crippen LogP contribution < -0.4 is 11.1 Å². The lowest BCUT2D eigenvalue weighted by Crippen LogP contribution is -2.21. The number of hydrogen-bond acceptors (Lipinski definition) is 2. The van der Waals surface area contributed by atoms with E-state index in [4.69, 9.17) is 28.9 Å². The van der Waals surface area contributed by atoms with Crippen molar-refractivity contribution in [2.45, 2.75) is 13.0 Å². The Bertz CT molecular complexity index is 570. The summed E-state index contributed by atoms with van der Waals surface area (Å²) in [6.45, 7) is 2.49. The third kappa shape index (κ3) is 3.63. The van der Waals surface area contributed by atoms with Crippen LogP contribution in [0.15, 0.2) is 42.5 Å². The van der Waals surface area contributed by atoms with E-state index in [9.17, 15) is 0 Å². The summed E-state index contributed by atoms with van der Waals surface area (Å²) in [5, 5.41) is 4.71. The third-order valence-electron chi connectivity index (χ3n) is 2.93. The maximum atomic E-state index is 6.21. The predicted octanol–water partition coefficient (Wildman–Crippen LogP) is 4.41. The van der Waals surface area contributed by atoms with Gasteiger partial charge in [-0.15, -0.1) is 0 Å². The summed E-state index contributed by atoms with van der Waals surface area (Å²) in [7, 11) is 0. The molecule has 4 heteroatoms. The molecule has 0 aliphatic carbocycles. The lowest BCUT2D eigenvalue weighted by Gasteiger charge is -2.20. The zero-order chi connectivity index (χ0) is 13.8. The van der Waals surface area contributed by atoms with Crippen LogP contribution in [0.5, 0.6) is 0 Å². The van der Waals surface area contributed by atoms with Gasteiger partial charge < -0.3 is 11.1 Å². The van der Waals surface area contributed by atoms with Gasteiger partial charge >= 0.3 is 0 Å². The summed E-state index contributed by atoms with van der Waals surface area (Å²) in [6, 6.07) is 13.5. The molecular weight excluding hydrogens is 279 g/mol. The van der Waals surface area contributed by atoms with E-state index in [1.165, 1.54) is 5.56 Å². The SMILES string of the molecule is Cc1cccc(NC(CN)c2cc(Cl)ccc2Cl)c1. The van der Waals surface area contributed by atoms with Crippen LogP contribution in [-0.2, 0) is 0 Å². The molecule has 2 nitrogen and oxygen atoms in total. The highest BCUT2D eigenvalue weighted by Crippen LogP contribution is 2.28. The lowest BCUT2D eigenvalue weighted by atomic mass is 10.1. The molecule has 0 spiro atoms. The van der Waals surface area contributed by atoms with Crippen LogP contribution in [0.4, 0.5) is 5.69 Å². The van der Waals surface area contributed by atoms with Gasteiger partial charge in [-0.1, -0.05) is 35.3 Å². The van der Waals surface area contributed by atoms with E-state index < -0.39 is 0 Å². The van der Waals surface area contributed by atoms with E-state index in [1.54, 1.807) is 12.1 Å². The average molecular weight is 295 g/mol. The highest BCUT2D eigenvalue weighted by atomic mass is 35.5. The van der Waals surface area contributed by atoms with Crippen LogP contribution in [0.1, 0.15) is 17.2 Å². The molecule has 0 aliphatic rings. The number of benzene rings is 2. The topological polar surface area (TPSA) is 38.0 Å². The van der Waals surface area contributed by atoms with Crippen LogP contribution >= 0.6 is 23.2 Å². The Hall–Kier alpha value is -1.22. The molecule has 0 radical (unpaired) electrons. The smallest absolute Gasteiger partial charge is 0.0651 e. The van der Waals surface area contributed by atoms with Crippen molar-refractivity contribution in [1.82, 2.24) is 0 Å².